The van der Waals surface area contributed by atoms with Gasteiger partial charge in [-0.3, -0.25) is 14.6 Å². The van der Waals surface area contributed by atoms with Gasteiger partial charge in [0.25, 0.3) is 11.7 Å². The number of benzene rings is 2. The van der Waals surface area contributed by atoms with Crippen LogP contribution in [0.15, 0.2) is 72.6 Å². The molecule has 3 heterocycles. The number of aromatic nitrogens is 1. The minimum absolute atomic E-state index is 0.0502. The molecule has 1 saturated heterocycles. The highest BCUT2D eigenvalue weighted by atomic mass is 16.6. The van der Waals surface area contributed by atoms with Gasteiger partial charge in [-0.1, -0.05) is 45.0 Å². The number of fused-ring (bicyclic) bond motifs is 1. The fourth-order valence-corrected chi connectivity index (χ4v) is 4.59. The third kappa shape index (κ3) is 4.33. The van der Waals surface area contributed by atoms with Crippen molar-refractivity contribution in [1.29, 1.82) is 0 Å². The molecule has 184 valence electrons. The number of amides is 1. The molecular weight excluding hydrogens is 456 g/mol. The second kappa shape index (κ2) is 9.15. The van der Waals surface area contributed by atoms with Gasteiger partial charge in [-0.2, -0.15) is 0 Å². The highest BCUT2D eigenvalue weighted by Gasteiger charge is 2.46. The van der Waals surface area contributed by atoms with E-state index in [9.17, 15) is 14.7 Å². The van der Waals surface area contributed by atoms with Crippen LogP contribution >= 0.6 is 0 Å². The number of aliphatic hydroxyl groups excluding tert-OH is 1. The first-order chi connectivity index (χ1) is 17.2. The highest BCUT2D eigenvalue weighted by molar-refractivity contribution is 6.46. The van der Waals surface area contributed by atoms with Crippen LogP contribution in [0.3, 0.4) is 0 Å². The zero-order valence-corrected chi connectivity index (χ0v) is 20.5. The van der Waals surface area contributed by atoms with Crippen LogP contribution in [0.5, 0.6) is 11.5 Å². The van der Waals surface area contributed by atoms with Crippen molar-refractivity contribution in [3.05, 3.63) is 94.8 Å². The molecule has 7 heteroatoms. The van der Waals surface area contributed by atoms with Gasteiger partial charge in [0.05, 0.1) is 11.6 Å². The molecule has 0 saturated carbocycles. The van der Waals surface area contributed by atoms with Crippen LogP contribution < -0.4 is 9.47 Å². The van der Waals surface area contributed by atoms with E-state index in [4.69, 9.17) is 9.47 Å². The number of pyridine rings is 1. The van der Waals surface area contributed by atoms with E-state index in [0.717, 1.165) is 16.7 Å². The number of Topliss-reactive ketones (excluding diaryl/α,β-unsaturated/α-hetero) is 1. The van der Waals surface area contributed by atoms with E-state index in [1.807, 2.05) is 24.3 Å². The molecule has 1 atom stereocenters. The number of ketones is 1. The number of ether oxygens (including phenoxy) is 2. The van der Waals surface area contributed by atoms with E-state index in [1.54, 1.807) is 42.7 Å². The Morgan fingerprint density at radius 3 is 2.31 bits per heavy atom. The Hall–Kier alpha value is -4.13. The van der Waals surface area contributed by atoms with Crippen molar-refractivity contribution in [1.82, 2.24) is 9.88 Å². The predicted molar refractivity (Wildman–Crippen MR) is 135 cm³/mol. The third-order valence-corrected chi connectivity index (χ3v) is 6.55. The quantitative estimate of drug-likeness (QED) is 0.326. The molecule has 1 aromatic heterocycles. The number of likely N-dealkylation sites (tertiary alicyclic amines) is 1. The molecule has 5 rings (SSSR count). The van der Waals surface area contributed by atoms with Crippen LogP contribution in [0.4, 0.5) is 0 Å². The molecule has 1 unspecified atom stereocenters. The minimum atomic E-state index is -0.750. The summed E-state index contributed by atoms with van der Waals surface area (Å²) in [6.07, 6.45) is 3.29. The van der Waals surface area contributed by atoms with E-state index in [-0.39, 0.29) is 23.3 Å². The summed E-state index contributed by atoms with van der Waals surface area (Å²) in [6, 6.07) is 15.7. The second-order valence-corrected chi connectivity index (χ2v) is 10.0. The van der Waals surface area contributed by atoms with Gasteiger partial charge in [0, 0.05) is 24.5 Å². The Labute approximate surface area is 210 Å². The molecule has 0 spiro atoms. The number of aliphatic hydroxyl groups is 1. The Morgan fingerprint density at radius 1 is 0.972 bits per heavy atom. The van der Waals surface area contributed by atoms with Crippen LogP contribution in [0.1, 0.15) is 49.1 Å². The van der Waals surface area contributed by atoms with Crippen LogP contribution in [0.25, 0.3) is 5.76 Å². The molecule has 2 aliphatic heterocycles. The zero-order valence-electron chi connectivity index (χ0n) is 20.5. The van der Waals surface area contributed by atoms with Gasteiger partial charge in [-0.05, 0) is 52.4 Å². The molecule has 1 fully saturated rings. The number of rotatable bonds is 4. The number of hydrogen-bond donors (Lipinski definition) is 1. The fourth-order valence-electron chi connectivity index (χ4n) is 4.59. The van der Waals surface area contributed by atoms with Gasteiger partial charge in [-0.15, -0.1) is 0 Å². The lowest BCUT2D eigenvalue weighted by atomic mass is 9.85. The molecule has 7 nitrogen and oxygen atoms in total. The van der Waals surface area contributed by atoms with E-state index in [1.165, 1.54) is 4.90 Å². The molecule has 2 aliphatic rings. The third-order valence-electron chi connectivity index (χ3n) is 6.55. The maximum Gasteiger partial charge on any atom is 0.295 e. The van der Waals surface area contributed by atoms with Crippen LogP contribution in [0.2, 0.25) is 0 Å². The first kappa shape index (κ1) is 23.6. The zero-order chi connectivity index (χ0) is 25.4. The summed E-state index contributed by atoms with van der Waals surface area (Å²) in [7, 11) is 0. The number of nitrogens with zero attached hydrogens (tertiary/aromatic N) is 2. The molecule has 36 heavy (non-hydrogen) atoms. The molecule has 3 aromatic rings. The SMILES string of the molecule is CC(C)(C)c1ccc(C2/C(=C(\O)c3ccc4c(c3)OCCO4)C(=O)C(=O)N2Cc2ccncc2)cc1. The van der Waals surface area contributed by atoms with Crippen molar-refractivity contribution >= 4 is 17.4 Å². The summed E-state index contributed by atoms with van der Waals surface area (Å²) >= 11 is 0. The second-order valence-electron chi connectivity index (χ2n) is 10.0. The lowest BCUT2D eigenvalue weighted by molar-refractivity contribution is -0.140. The van der Waals surface area contributed by atoms with E-state index < -0.39 is 17.7 Å². The van der Waals surface area contributed by atoms with E-state index in [0.29, 0.717) is 30.3 Å². The van der Waals surface area contributed by atoms with Crippen molar-refractivity contribution in [2.75, 3.05) is 13.2 Å². The van der Waals surface area contributed by atoms with Crippen molar-refractivity contribution in [3.8, 4) is 11.5 Å². The summed E-state index contributed by atoms with van der Waals surface area (Å²) in [6.45, 7) is 7.42. The normalized spacial score (nSPS) is 19.0. The first-order valence-electron chi connectivity index (χ1n) is 11.9. The van der Waals surface area contributed by atoms with Crippen molar-refractivity contribution in [2.24, 2.45) is 0 Å². The molecule has 1 N–H and O–H groups in total. The summed E-state index contributed by atoms with van der Waals surface area (Å²) < 4.78 is 11.2. The van der Waals surface area contributed by atoms with Gasteiger partial charge in [0.2, 0.25) is 0 Å². The maximum absolute atomic E-state index is 13.3. The number of hydrogen-bond acceptors (Lipinski definition) is 6. The Morgan fingerprint density at radius 2 is 1.64 bits per heavy atom. The Bertz CT molecular complexity index is 1340. The topological polar surface area (TPSA) is 89.0 Å². The summed E-state index contributed by atoms with van der Waals surface area (Å²) in [4.78, 5) is 32.2. The van der Waals surface area contributed by atoms with Gasteiger partial charge >= 0.3 is 0 Å². The van der Waals surface area contributed by atoms with Crippen molar-refractivity contribution in [3.63, 3.8) is 0 Å². The average Bonchev–Trinajstić information content (AvgIpc) is 3.13. The summed E-state index contributed by atoms with van der Waals surface area (Å²) in [5, 5.41) is 11.4. The molecule has 0 radical (unpaired) electrons. The Kier molecular flexibility index (Phi) is 6.00. The molecular formula is C29H28N2O5. The first-order valence-corrected chi connectivity index (χ1v) is 11.9. The minimum Gasteiger partial charge on any atom is -0.507 e. The molecule has 0 aliphatic carbocycles. The van der Waals surface area contributed by atoms with Gasteiger partial charge in [-0.25, -0.2) is 0 Å². The summed E-state index contributed by atoms with van der Waals surface area (Å²) in [5.74, 6) is -0.558. The van der Waals surface area contributed by atoms with Crippen LogP contribution in [-0.4, -0.2) is 39.9 Å². The van der Waals surface area contributed by atoms with Gasteiger partial charge in [0.1, 0.15) is 19.0 Å². The average molecular weight is 485 g/mol. The van der Waals surface area contributed by atoms with Crippen molar-refractivity contribution in [2.45, 2.75) is 38.8 Å². The number of carbonyl (C=O) groups excluding carboxylic acids is 2. The van der Waals surface area contributed by atoms with Crippen LogP contribution in [-0.2, 0) is 21.5 Å². The molecule has 2 aromatic carbocycles. The fraction of sp³-hybridized carbons (Fsp3) is 0.276. The molecule has 0 bridgehead atoms. The smallest absolute Gasteiger partial charge is 0.295 e. The summed E-state index contributed by atoms with van der Waals surface area (Å²) in [5.41, 5.74) is 3.09. The van der Waals surface area contributed by atoms with Crippen molar-refractivity contribution < 1.29 is 24.2 Å². The van der Waals surface area contributed by atoms with Gasteiger partial charge < -0.3 is 19.5 Å². The molecule has 1 amide bonds. The van der Waals surface area contributed by atoms with E-state index in [2.05, 4.69) is 25.8 Å². The monoisotopic (exact) mass is 484 g/mol. The highest BCUT2D eigenvalue weighted by Crippen LogP contribution is 2.42. The van der Waals surface area contributed by atoms with Gasteiger partial charge in [0.15, 0.2) is 11.5 Å². The van der Waals surface area contributed by atoms with Crippen LogP contribution in [0, 0.1) is 0 Å². The largest absolute Gasteiger partial charge is 0.507 e. The maximum atomic E-state index is 13.3. The standard InChI is InChI=1S/C29H28N2O5/c1-29(2,3)21-7-4-19(5-8-21)25-24(26(32)20-6-9-22-23(16-20)36-15-14-35-22)27(33)28(34)31(25)17-18-10-12-30-13-11-18/h4-13,16,25,32H,14-15,17H2,1-3H3/b26-24+. The Balaban J connectivity index is 1.63. The lowest BCUT2D eigenvalue weighted by Crippen LogP contribution is -2.29. The van der Waals surface area contributed by atoms with E-state index >= 15 is 0 Å². The predicted octanol–water partition coefficient (Wildman–Crippen LogP) is 4.77. The number of carbonyl (C=O) groups is 2. The lowest BCUT2D eigenvalue weighted by Gasteiger charge is -2.26.